The largest absolute Gasteiger partial charge is 0.478 e. The van der Waals surface area contributed by atoms with Crippen molar-refractivity contribution in [3.8, 4) is 0 Å². The van der Waals surface area contributed by atoms with Gasteiger partial charge in [0.15, 0.2) is 0 Å². The predicted octanol–water partition coefficient (Wildman–Crippen LogP) is 1.61. The summed E-state index contributed by atoms with van der Waals surface area (Å²) in [6.07, 6.45) is 0. The van der Waals surface area contributed by atoms with Crippen molar-refractivity contribution in [3.63, 3.8) is 0 Å². The summed E-state index contributed by atoms with van der Waals surface area (Å²) in [7, 11) is 1.71. The molecule has 2 heterocycles. The molecule has 0 bridgehead atoms. The molecule has 0 radical (unpaired) electrons. The molecule has 1 aromatic carbocycles. The lowest BCUT2D eigenvalue weighted by molar-refractivity contribution is 0.0698. The molecule has 3 rings (SSSR count). The zero-order chi connectivity index (χ0) is 14.1. The fourth-order valence-electron chi connectivity index (χ4n) is 1.78. The Balaban J connectivity index is 2.12. The minimum absolute atomic E-state index is 0.216. The third-order valence-corrected chi connectivity index (χ3v) is 3.65. The highest BCUT2D eigenvalue weighted by molar-refractivity contribution is 7.99. The first-order valence-electron chi connectivity index (χ1n) is 5.68. The van der Waals surface area contributed by atoms with E-state index in [0.29, 0.717) is 21.1 Å². The Morgan fingerprint density at radius 3 is 2.85 bits per heavy atom. The van der Waals surface area contributed by atoms with Gasteiger partial charge in [-0.15, -0.1) is 5.10 Å². The highest BCUT2D eigenvalue weighted by atomic mass is 32.2. The van der Waals surface area contributed by atoms with Crippen LogP contribution in [0.4, 0.5) is 0 Å². The maximum atomic E-state index is 11.4. The SMILES string of the molecule is Cn1nnnc1Sc1cc(C(=O)O)c2ccccc2n1. The van der Waals surface area contributed by atoms with Gasteiger partial charge >= 0.3 is 5.97 Å². The van der Waals surface area contributed by atoms with Gasteiger partial charge in [0.05, 0.1) is 11.1 Å². The van der Waals surface area contributed by atoms with Crippen LogP contribution in [0.1, 0.15) is 10.4 Å². The van der Waals surface area contributed by atoms with E-state index in [-0.39, 0.29) is 5.56 Å². The van der Waals surface area contributed by atoms with Gasteiger partial charge in [0.1, 0.15) is 5.03 Å². The Bertz CT molecular complexity index is 801. The topological polar surface area (TPSA) is 93.8 Å². The van der Waals surface area contributed by atoms with Crippen molar-refractivity contribution in [3.05, 3.63) is 35.9 Å². The first-order valence-corrected chi connectivity index (χ1v) is 6.50. The summed E-state index contributed by atoms with van der Waals surface area (Å²) in [4.78, 5) is 15.8. The summed E-state index contributed by atoms with van der Waals surface area (Å²) in [5.74, 6) is -0.985. The van der Waals surface area contributed by atoms with Crippen molar-refractivity contribution in [1.82, 2.24) is 25.2 Å². The summed E-state index contributed by atoms with van der Waals surface area (Å²) in [5, 5.41) is 22.1. The standard InChI is InChI=1S/C12H9N5O2S/c1-17-12(14-15-16-17)20-10-6-8(11(18)19)7-4-2-3-5-9(7)13-10/h2-6H,1H3,(H,18,19). The van der Waals surface area contributed by atoms with Crippen molar-refractivity contribution in [1.29, 1.82) is 0 Å². The van der Waals surface area contributed by atoms with Crippen LogP contribution in [0.15, 0.2) is 40.5 Å². The fraction of sp³-hybridized carbons (Fsp3) is 0.0833. The van der Waals surface area contributed by atoms with E-state index in [1.54, 1.807) is 25.2 Å². The first-order chi connectivity index (χ1) is 9.65. The molecule has 0 aliphatic heterocycles. The molecule has 0 saturated carbocycles. The van der Waals surface area contributed by atoms with Crippen LogP contribution in [0.25, 0.3) is 10.9 Å². The van der Waals surface area contributed by atoms with Crippen LogP contribution >= 0.6 is 11.8 Å². The third kappa shape index (κ3) is 2.21. The van der Waals surface area contributed by atoms with E-state index in [4.69, 9.17) is 0 Å². The van der Waals surface area contributed by atoms with Gasteiger partial charge in [-0.25, -0.2) is 14.5 Å². The summed E-state index contributed by atoms with van der Waals surface area (Å²) < 4.78 is 1.50. The van der Waals surface area contributed by atoms with Crippen molar-refractivity contribution in [2.24, 2.45) is 7.05 Å². The number of benzene rings is 1. The molecule has 0 aliphatic rings. The maximum absolute atomic E-state index is 11.4. The number of hydrogen-bond donors (Lipinski definition) is 1. The van der Waals surface area contributed by atoms with Crippen LogP contribution < -0.4 is 0 Å². The highest BCUT2D eigenvalue weighted by Crippen LogP contribution is 2.27. The number of nitrogens with zero attached hydrogens (tertiary/aromatic N) is 5. The number of tetrazole rings is 1. The number of aryl methyl sites for hydroxylation is 1. The monoisotopic (exact) mass is 287 g/mol. The van der Waals surface area contributed by atoms with Gasteiger partial charge in [0.2, 0.25) is 5.16 Å². The number of carbonyl (C=O) groups is 1. The zero-order valence-electron chi connectivity index (χ0n) is 10.4. The van der Waals surface area contributed by atoms with Crippen molar-refractivity contribution < 1.29 is 9.90 Å². The maximum Gasteiger partial charge on any atom is 0.336 e. The molecule has 0 spiro atoms. The Kier molecular flexibility index (Phi) is 3.07. The van der Waals surface area contributed by atoms with E-state index in [1.165, 1.54) is 22.5 Å². The van der Waals surface area contributed by atoms with E-state index in [0.717, 1.165) is 0 Å². The quantitative estimate of drug-likeness (QED) is 0.782. The first kappa shape index (κ1) is 12.5. The van der Waals surface area contributed by atoms with Gasteiger partial charge in [-0.1, -0.05) is 18.2 Å². The molecule has 0 saturated heterocycles. The minimum atomic E-state index is -0.985. The van der Waals surface area contributed by atoms with Crippen LogP contribution in [0.5, 0.6) is 0 Å². The summed E-state index contributed by atoms with van der Waals surface area (Å²) in [6, 6.07) is 8.66. The molecule has 7 nitrogen and oxygen atoms in total. The van der Waals surface area contributed by atoms with Crippen molar-refractivity contribution in [2.75, 3.05) is 0 Å². The van der Waals surface area contributed by atoms with E-state index in [9.17, 15) is 9.90 Å². The Morgan fingerprint density at radius 1 is 1.35 bits per heavy atom. The number of aromatic nitrogens is 5. The number of aromatic carboxylic acids is 1. The lowest BCUT2D eigenvalue weighted by Gasteiger charge is -2.05. The molecule has 3 aromatic rings. The predicted molar refractivity (Wildman–Crippen MR) is 71.6 cm³/mol. The summed E-state index contributed by atoms with van der Waals surface area (Å²) in [6.45, 7) is 0. The van der Waals surface area contributed by atoms with Gasteiger partial charge in [0.25, 0.3) is 0 Å². The molecule has 0 fully saturated rings. The number of carboxylic acid groups (broad SMARTS) is 1. The fourth-order valence-corrected chi connectivity index (χ4v) is 2.54. The number of fused-ring (bicyclic) bond motifs is 1. The van der Waals surface area contributed by atoms with E-state index in [2.05, 4.69) is 20.5 Å². The van der Waals surface area contributed by atoms with Gasteiger partial charge < -0.3 is 5.11 Å². The van der Waals surface area contributed by atoms with Gasteiger partial charge in [-0.2, -0.15) is 0 Å². The molecular formula is C12H9N5O2S. The molecule has 2 aromatic heterocycles. The lowest BCUT2D eigenvalue weighted by atomic mass is 10.1. The third-order valence-electron chi connectivity index (χ3n) is 2.70. The Hall–Kier alpha value is -2.48. The number of pyridine rings is 1. The molecule has 0 unspecified atom stereocenters. The van der Waals surface area contributed by atoms with Crippen LogP contribution in [-0.2, 0) is 7.05 Å². The highest BCUT2D eigenvalue weighted by Gasteiger charge is 2.14. The summed E-state index contributed by atoms with van der Waals surface area (Å²) in [5.41, 5.74) is 0.846. The Labute approximate surface area is 117 Å². The smallest absolute Gasteiger partial charge is 0.336 e. The van der Waals surface area contributed by atoms with Gasteiger partial charge in [0, 0.05) is 12.4 Å². The molecular weight excluding hydrogens is 278 g/mol. The van der Waals surface area contributed by atoms with E-state index >= 15 is 0 Å². The van der Waals surface area contributed by atoms with E-state index < -0.39 is 5.97 Å². The van der Waals surface area contributed by atoms with Crippen LogP contribution in [0.3, 0.4) is 0 Å². The van der Waals surface area contributed by atoms with Gasteiger partial charge in [-0.3, -0.25) is 0 Å². The van der Waals surface area contributed by atoms with Gasteiger partial charge in [-0.05, 0) is 34.3 Å². The summed E-state index contributed by atoms with van der Waals surface area (Å²) >= 11 is 1.22. The van der Waals surface area contributed by atoms with Crippen molar-refractivity contribution >= 4 is 28.6 Å². The molecule has 0 atom stereocenters. The average Bonchev–Trinajstić information content (AvgIpc) is 2.83. The van der Waals surface area contributed by atoms with Crippen LogP contribution in [0.2, 0.25) is 0 Å². The number of carboxylic acids is 1. The normalized spacial score (nSPS) is 10.8. The second-order valence-corrected chi connectivity index (χ2v) is 5.01. The van der Waals surface area contributed by atoms with Crippen LogP contribution in [0, 0.1) is 0 Å². The van der Waals surface area contributed by atoms with Crippen LogP contribution in [-0.4, -0.2) is 36.3 Å². The number of rotatable bonds is 3. The lowest BCUT2D eigenvalue weighted by Crippen LogP contribution is -2.00. The second kappa shape index (κ2) is 4.89. The van der Waals surface area contributed by atoms with Crippen molar-refractivity contribution in [2.45, 2.75) is 10.2 Å². The zero-order valence-corrected chi connectivity index (χ0v) is 11.2. The molecule has 8 heteroatoms. The number of para-hydroxylation sites is 1. The van der Waals surface area contributed by atoms with E-state index in [1.807, 2.05) is 6.07 Å². The minimum Gasteiger partial charge on any atom is -0.478 e. The number of hydrogen-bond acceptors (Lipinski definition) is 6. The molecule has 100 valence electrons. The molecule has 1 N–H and O–H groups in total. The molecule has 0 amide bonds. The Morgan fingerprint density at radius 2 is 2.15 bits per heavy atom. The average molecular weight is 287 g/mol. The molecule has 0 aliphatic carbocycles. The molecule has 20 heavy (non-hydrogen) atoms. The second-order valence-electron chi connectivity index (χ2n) is 4.02.